The maximum absolute atomic E-state index is 12.6. The van der Waals surface area contributed by atoms with E-state index in [-0.39, 0.29) is 11.7 Å². The zero-order valence-electron chi connectivity index (χ0n) is 14.9. The number of aryl methyl sites for hydroxylation is 3. The first kappa shape index (κ1) is 18.0. The maximum atomic E-state index is 12.6. The molecular weight excluding hydrogens is 340 g/mol. The Balaban J connectivity index is 1.70. The molecule has 0 spiro atoms. The average Bonchev–Trinajstić information content (AvgIpc) is 3.05. The van der Waals surface area contributed by atoms with Crippen LogP contribution in [0.2, 0.25) is 0 Å². The van der Waals surface area contributed by atoms with Crippen molar-refractivity contribution in [2.45, 2.75) is 70.1 Å². The van der Waals surface area contributed by atoms with Gasteiger partial charge in [-0.05, 0) is 26.7 Å². The van der Waals surface area contributed by atoms with Gasteiger partial charge in [0.15, 0.2) is 5.82 Å². The first-order valence-corrected chi connectivity index (χ1v) is 9.66. The largest absolute Gasteiger partial charge is 0.437 e. The lowest BCUT2D eigenvalue weighted by atomic mass is 9.89. The van der Waals surface area contributed by atoms with Gasteiger partial charge in [0.1, 0.15) is 11.3 Å². The van der Waals surface area contributed by atoms with Crippen molar-refractivity contribution in [3.63, 3.8) is 0 Å². The van der Waals surface area contributed by atoms with Crippen molar-refractivity contribution >= 4 is 17.7 Å². The van der Waals surface area contributed by atoms with E-state index in [1.54, 1.807) is 6.92 Å². The minimum Gasteiger partial charge on any atom is -0.437 e. The molecule has 1 aliphatic carbocycles. The molecule has 3 rings (SSSR count). The summed E-state index contributed by atoms with van der Waals surface area (Å²) in [5, 5.41) is 7.80. The molecule has 0 saturated heterocycles. The van der Waals surface area contributed by atoms with Crippen LogP contribution < -0.4 is 5.32 Å². The van der Waals surface area contributed by atoms with Crippen molar-refractivity contribution in [1.82, 2.24) is 20.4 Å². The molecule has 1 amide bonds. The Bertz CT molecular complexity index is 713. The van der Waals surface area contributed by atoms with E-state index in [9.17, 15) is 4.79 Å². The normalized spacial score (nSPS) is 17.2. The number of carbonyl (C=O) groups excluding carboxylic acids is 1. The summed E-state index contributed by atoms with van der Waals surface area (Å²) in [5.41, 5.74) is 0.319. The Morgan fingerprint density at radius 3 is 2.44 bits per heavy atom. The average molecular weight is 364 g/mol. The third kappa shape index (κ3) is 4.23. The summed E-state index contributed by atoms with van der Waals surface area (Å²) in [6, 6.07) is 0. The van der Waals surface area contributed by atoms with Crippen LogP contribution >= 0.6 is 11.8 Å². The molecule has 0 aliphatic heterocycles. The van der Waals surface area contributed by atoms with Crippen LogP contribution in [0.1, 0.15) is 61.7 Å². The van der Waals surface area contributed by atoms with Crippen LogP contribution in [-0.2, 0) is 10.3 Å². The minimum absolute atomic E-state index is 0.0668. The van der Waals surface area contributed by atoms with Gasteiger partial charge in [-0.3, -0.25) is 4.79 Å². The van der Waals surface area contributed by atoms with Gasteiger partial charge in [0.25, 0.3) is 5.22 Å². The fourth-order valence-corrected chi connectivity index (χ4v) is 3.88. The van der Waals surface area contributed by atoms with Crippen LogP contribution in [-0.4, -0.2) is 26.8 Å². The van der Waals surface area contributed by atoms with Gasteiger partial charge in [-0.25, -0.2) is 4.98 Å². The van der Waals surface area contributed by atoms with E-state index >= 15 is 0 Å². The molecule has 25 heavy (non-hydrogen) atoms. The first-order chi connectivity index (χ1) is 12.0. The number of amides is 1. The van der Waals surface area contributed by atoms with E-state index in [1.165, 1.54) is 11.8 Å². The second-order valence-corrected chi connectivity index (χ2v) is 7.52. The summed E-state index contributed by atoms with van der Waals surface area (Å²) in [4.78, 5) is 21.3. The number of oxazole rings is 1. The zero-order valence-corrected chi connectivity index (χ0v) is 15.7. The number of thioether (sulfide) groups is 1. The van der Waals surface area contributed by atoms with Crippen molar-refractivity contribution < 1.29 is 13.7 Å². The molecule has 0 bridgehead atoms. The monoisotopic (exact) mass is 364 g/mol. The van der Waals surface area contributed by atoms with Crippen molar-refractivity contribution in [2.75, 3.05) is 5.75 Å². The third-order valence-corrected chi connectivity index (χ3v) is 5.46. The summed E-state index contributed by atoms with van der Waals surface area (Å²) >= 11 is 1.30. The molecule has 1 N–H and O–H groups in total. The van der Waals surface area contributed by atoms with E-state index in [4.69, 9.17) is 8.94 Å². The maximum Gasteiger partial charge on any atom is 0.256 e. The Hall–Kier alpha value is -1.83. The van der Waals surface area contributed by atoms with Crippen molar-refractivity contribution in [1.29, 1.82) is 0 Å². The van der Waals surface area contributed by atoms with Gasteiger partial charge in [0, 0.05) is 6.92 Å². The van der Waals surface area contributed by atoms with E-state index in [1.807, 2.05) is 13.8 Å². The lowest BCUT2D eigenvalue weighted by Crippen LogP contribution is -2.47. The Morgan fingerprint density at radius 1 is 1.16 bits per heavy atom. The number of rotatable bonds is 5. The van der Waals surface area contributed by atoms with Crippen LogP contribution in [0.5, 0.6) is 0 Å². The molecule has 1 aliphatic rings. The predicted octanol–water partition coefficient (Wildman–Crippen LogP) is 3.44. The topological polar surface area (TPSA) is 94.1 Å². The van der Waals surface area contributed by atoms with Gasteiger partial charge >= 0.3 is 0 Å². The molecule has 7 nitrogen and oxygen atoms in total. The van der Waals surface area contributed by atoms with E-state index in [0.717, 1.165) is 50.0 Å². The summed E-state index contributed by atoms with van der Waals surface area (Å²) in [6.45, 7) is 5.53. The molecule has 0 aromatic carbocycles. The van der Waals surface area contributed by atoms with E-state index in [0.29, 0.717) is 16.9 Å². The number of hydrogen-bond donors (Lipinski definition) is 1. The lowest BCUT2D eigenvalue weighted by Gasteiger charge is -2.30. The molecule has 2 aromatic rings. The number of carbonyl (C=O) groups is 1. The van der Waals surface area contributed by atoms with Gasteiger partial charge in [0.2, 0.25) is 11.8 Å². The smallest absolute Gasteiger partial charge is 0.256 e. The Morgan fingerprint density at radius 2 is 1.88 bits per heavy atom. The molecule has 136 valence electrons. The highest BCUT2D eigenvalue weighted by molar-refractivity contribution is 7.99. The summed E-state index contributed by atoms with van der Waals surface area (Å²) < 4.78 is 10.7. The van der Waals surface area contributed by atoms with Crippen molar-refractivity contribution in [3.05, 3.63) is 23.2 Å². The van der Waals surface area contributed by atoms with Crippen LogP contribution in [0, 0.1) is 20.8 Å². The molecular formula is C17H24N4O3S. The Kier molecular flexibility index (Phi) is 5.46. The third-order valence-electron chi connectivity index (χ3n) is 4.63. The Labute approximate surface area is 151 Å². The minimum atomic E-state index is -0.533. The number of nitrogens with one attached hydrogen (secondary N) is 1. The zero-order chi connectivity index (χ0) is 17.9. The first-order valence-electron chi connectivity index (χ1n) is 8.67. The van der Waals surface area contributed by atoms with Crippen LogP contribution in [0.15, 0.2) is 14.2 Å². The van der Waals surface area contributed by atoms with Crippen LogP contribution in [0.4, 0.5) is 0 Å². The fourth-order valence-electron chi connectivity index (χ4n) is 3.17. The molecule has 1 saturated carbocycles. The molecule has 0 unspecified atom stereocenters. The summed E-state index contributed by atoms with van der Waals surface area (Å²) in [6.07, 6.45) is 6.08. The molecule has 8 heteroatoms. The second kappa shape index (κ2) is 7.59. The van der Waals surface area contributed by atoms with Crippen LogP contribution in [0.25, 0.3) is 0 Å². The molecule has 0 atom stereocenters. The predicted molar refractivity (Wildman–Crippen MR) is 93.3 cm³/mol. The van der Waals surface area contributed by atoms with Gasteiger partial charge in [-0.1, -0.05) is 42.6 Å². The highest BCUT2D eigenvalue weighted by atomic mass is 32.2. The van der Waals surface area contributed by atoms with E-state index in [2.05, 4.69) is 20.4 Å². The molecule has 2 heterocycles. The quantitative estimate of drug-likeness (QED) is 0.641. The van der Waals surface area contributed by atoms with Crippen LogP contribution in [0.3, 0.4) is 0 Å². The van der Waals surface area contributed by atoms with Gasteiger partial charge < -0.3 is 14.3 Å². The number of nitrogens with zero attached hydrogens (tertiary/aromatic N) is 3. The summed E-state index contributed by atoms with van der Waals surface area (Å²) in [5.74, 6) is 2.08. The second-order valence-electron chi connectivity index (χ2n) is 6.59. The van der Waals surface area contributed by atoms with Crippen molar-refractivity contribution in [3.8, 4) is 0 Å². The summed E-state index contributed by atoms with van der Waals surface area (Å²) in [7, 11) is 0. The fraction of sp³-hybridized carbons (Fsp3) is 0.647. The lowest BCUT2D eigenvalue weighted by molar-refractivity contribution is -0.121. The number of aromatic nitrogens is 3. The SMILES string of the molecule is Cc1nc(C2(NC(=O)CSc3nc(C)c(C)o3)CCCCCC2)no1. The number of hydrogen-bond acceptors (Lipinski definition) is 7. The van der Waals surface area contributed by atoms with E-state index < -0.39 is 5.54 Å². The molecule has 1 fully saturated rings. The van der Waals surface area contributed by atoms with Crippen molar-refractivity contribution in [2.24, 2.45) is 0 Å². The highest BCUT2D eigenvalue weighted by Crippen LogP contribution is 2.34. The van der Waals surface area contributed by atoms with Gasteiger partial charge in [0.05, 0.1) is 11.4 Å². The van der Waals surface area contributed by atoms with Gasteiger partial charge in [-0.15, -0.1) is 0 Å². The molecule has 0 radical (unpaired) electrons. The molecule has 2 aromatic heterocycles. The standard InChI is InChI=1S/C17H24N4O3S/c1-11-12(2)23-16(18-11)25-10-14(22)20-17(8-6-4-5-7-9-17)15-19-13(3)24-21-15/h4-10H2,1-3H3,(H,20,22). The van der Waals surface area contributed by atoms with Gasteiger partial charge in [-0.2, -0.15) is 4.98 Å². The highest BCUT2D eigenvalue weighted by Gasteiger charge is 2.38.